The van der Waals surface area contributed by atoms with Crippen molar-refractivity contribution in [2.45, 2.75) is 267 Å². The van der Waals surface area contributed by atoms with Gasteiger partial charge in [0.2, 0.25) is 17.7 Å². The van der Waals surface area contributed by atoms with E-state index in [4.69, 9.17) is 71.1 Å². The summed E-state index contributed by atoms with van der Waals surface area (Å²) in [5, 5.41) is 238. The lowest BCUT2D eigenvalue weighted by Gasteiger charge is -2.52. The maximum absolute atomic E-state index is 13.3. The quantitative estimate of drug-likeness (QED) is 0.0452. The molecular formula is C53H89N3O39. The second-order valence-electron chi connectivity index (χ2n) is 24.1. The van der Waals surface area contributed by atoms with Crippen molar-refractivity contribution >= 4 is 17.7 Å². The van der Waals surface area contributed by atoms with E-state index in [2.05, 4.69) is 16.0 Å². The van der Waals surface area contributed by atoms with E-state index < -0.39 is 303 Å². The minimum atomic E-state index is -2.38. The van der Waals surface area contributed by atoms with Crippen molar-refractivity contribution in [3.63, 3.8) is 0 Å². The van der Waals surface area contributed by atoms with E-state index in [1.807, 2.05) is 0 Å². The molecule has 8 aliphatic heterocycles. The smallest absolute Gasteiger partial charge is 0.217 e. The van der Waals surface area contributed by atoms with E-state index in [0.717, 1.165) is 20.8 Å². The Morgan fingerprint density at radius 3 is 1.24 bits per heavy atom. The SMILES string of the molecule is CC(=O)N[C@H]1[C@H](O[C@H]2[C@H](O)[C@@H](NC(C)=O)C(O)O[C@@H]2CO)O[C@H](CO)[C@@H](O[C@@H]2O[C@H](CO)[C@@H](O)[C@H](O[C@H]3O[C@H](CO)[C@@H](O)[C@H](O)[C@@H]3O[C@@H]3O[C@H](CO)[C@@H](O[C@@H]4O[C@H](CO)[C@H](O)[C@H](O)[C@H]4O)[C@H](O[C@@H]4O[C@@H](C)[C@@H](O)[C@@H](O)[C@@H]4O)[C@H]3NC(C)=O)[C@@H]2O[C@@H]2OC[C@@H](O)[C@H](O)[C@H]2O)[C@@H]1O. The third-order valence-electron chi connectivity index (χ3n) is 17.4. The van der Waals surface area contributed by atoms with Gasteiger partial charge in [0.1, 0.15) is 183 Å². The predicted molar refractivity (Wildman–Crippen MR) is 292 cm³/mol. The molecule has 0 aliphatic carbocycles. The van der Waals surface area contributed by atoms with Crippen molar-refractivity contribution in [1.29, 1.82) is 0 Å². The fraction of sp³-hybridized carbons (Fsp3) is 0.943. The van der Waals surface area contributed by atoms with Gasteiger partial charge in [0, 0.05) is 20.8 Å². The molecule has 0 aromatic rings. The summed E-state index contributed by atoms with van der Waals surface area (Å²) < 4.78 is 89.9. The number of ether oxygens (including phenoxy) is 15. The van der Waals surface area contributed by atoms with Gasteiger partial charge in [-0.3, -0.25) is 14.4 Å². The van der Waals surface area contributed by atoms with Crippen LogP contribution in [0.25, 0.3) is 0 Å². The van der Waals surface area contributed by atoms with Crippen LogP contribution < -0.4 is 16.0 Å². The summed E-state index contributed by atoms with van der Waals surface area (Å²) in [7, 11) is 0. The molecule has 0 radical (unpaired) electrons. The molecule has 42 heteroatoms. The minimum Gasteiger partial charge on any atom is -0.394 e. The number of aliphatic hydroxyl groups is 21. The lowest BCUT2D eigenvalue weighted by atomic mass is 9.93. The zero-order chi connectivity index (χ0) is 69.9. The van der Waals surface area contributed by atoms with E-state index in [1.165, 1.54) is 6.92 Å². The largest absolute Gasteiger partial charge is 0.394 e. The molecular weight excluding hydrogens is 1300 g/mol. The summed E-state index contributed by atoms with van der Waals surface area (Å²) in [5.41, 5.74) is 0. The summed E-state index contributed by atoms with van der Waals surface area (Å²) in [4.78, 5) is 38.2. The Hall–Kier alpha value is -3.03. The van der Waals surface area contributed by atoms with Crippen LogP contribution in [0.5, 0.6) is 0 Å². The highest BCUT2D eigenvalue weighted by atomic mass is 16.8. The molecule has 550 valence electrons. The predicted octanol–water partition coefficient (Wildman–Crippen LogP) is -16.4. The molecule has 8 rings (SSSR count). The van der Waals surface area contributed by atoms with Crippen LogP contribution in [-0.2, 0) is 85.4 Å². The first-order valence-corrected chi connectivity index (χ1v) is 30.4. The molecule has 0 spiro atoms. The average molecular weight is 1390 g/mol. The van der Waals surface area contributed by atoms with Crippen LogP contribution in [0.4, 0.5) is 0 Å². The van der Waals surface area contributed by atoms with Crippen molar-refractivity contribution in [3.8, 4) is 0 Å². The highest BCUT2D eigenvalue weighted by Gasteiger charge is 2.61. The van der Waals surface area contributed by atoms with Gasteiger partial charge in [-0.05, 0) is 6.92 Å². The third kappa shape index (κ3) is 17.0. The summed E-state index contributed by atoms with van der Waals surface area (Å²) >= 11 is 0. The molecule has 0 bridgehead atoms. The van der Waals surface area contributed by atoms with Crippen LogP contribution in [0.15, 0.2) is 0 Å². The summed E-state index contributed by atoms with van der Waals surface area (Å²) in [6.07, 6.45) is -72.7. The van der Waals surface area contributed by atoms with Crippen LogP contribution in [0.1, 0.15) is 27.7 Å². The number of rotatable bonds is 23. The second-order valence-corrected chi connectivity index (χ2v) is 24.1. The highest BCUT2D eigenvalue weighted by Crippen LogP contribution is 2.40. The van der Waals surface area contributed by atoms with E-state index in [-0.39, 0.29) is 0 Å². The van der Waals surface area contributed by atoms with E-state index in [0.29, 0.717) is 0 Å². The molecule has 0 aromatic heterocycles. The van der Waals surface area contributed by atoms with Crippen molar-refractivity contribution in [2.75, 3.05) is 46.2 Å². The summed E-state index contributed by atoms with van der Waals surface area (Å²) in [6.45, 7) is -3.09. The highest BCUT2D eigenvalue weighted by molar-refractivity contribution is 5.74. The second kappa shape index (κ2) is 33.6. The van der Waals surface area contributed by atoms with Gasteiger partial charge in [-0.1, -0.05) is 0 Å². The Kier molecular flexibility index (Phi) is 27.5. The van der Waals surface area contributed by atoms with Crippen LogP contribution in [-0.4, -0.2) is 411 Å². The number of nitrogens with one attached hydrogen (secondary N) is 3. The van der Waals surface area contributed by atoms with Crippen molar-refractivity contribution in [3.05, 3.63) is 0 Å². The van der Waals surface area contributed by atoms with E-state index >= 15 is 0 Å². The fourth-order valence-corrected chi connectivity index (χ4v) is 12.3. The number of amides is 3. The van der Waals surface area contributed by atoms with E-state index in [1.54, 1.807) is 0 Å². The first-order chi connectivity index (χ1) is 44.9. The van der Waals surface area contributed by atoms with Crippen molar-refractivity contribution < 1.29 is 193 Å². The zero-order valence-corrected chi connectivity index (χ0v) is 51.2. The monoisotopic (exact) mass is 1390 g/mol. The Bertz CT molecular complexity index is 2440. The standard InChI is InChI=1S/C53H89N3O39/c1-12-26(67)33(74)37(78)50(82-12)92-42-25(56-15(4)65)48(88-22(10-62)41(42)91-51-38(79)34(75)28(69)17(5-57)84-51)94-44-35(76)29(70)18(6-58)85-52(44)93-43-30(71)19(7-59)86-53(45(43)95-49-36(77)27(68)16(66)11-81-49)90-40-21(9-61)87-47(24(32(40)73)55-14(3)64)89-39-20(8-60)83-46(80)23(31(39)72)54-13(2)63/h12,16-53,57-62,66-80H,5-11H2,1-4H3,(H,54,63)(H,55,64)(H,56,65)/t12-,16+,17+,18+,19+,20+,21+,22+,23+,24+,25+,26+,27-,28-,29+,30+,31+,32+,33+,34-,35-,36+,37-,38+,39+,40+,41+,42+,43-,44-,45-,46?,47-,48-,49-,50-,51-,52+,53-/m0/s1. The molecule has 8 aliphatic rings. The maximum Gasteiger partial charge on any atom is 0.217 e. The van der Waals surface area contributed by atoms with E-state index in [9.17, 15) is 122 Å². The summed E-state index contributed by atoms with van der Waals surface area (Å²) in [5.74, 6) is -2.61. The van der Waals surface area contributed by atoms with Gasteiger partial charge in [-0.25, -0.2) is 0 Å². The van der Waals surface area contributed by atoms with Crippen molar-refractivity contribution in [1.82, 2.24) is 16.0 Å². The molecule has 3 amide bonds. The molecule has 24 N–H and O–H groups in total. The van der Waals surface area contributed by atoms with Crippen LogP contribution in [0, 0.1) is 0 Å². The lowest BCUT2D eigenvalue weighted by molar-refractivity contribution is -0.412. The number of hydrogen-bond donors (Lipinski definition) is 24. The fourth-order valence-electron chi connectivity index (χ4n) is 12.3. The Labute approximate surface area is 538 Å². The molecule has 8 saturated heterocycles. The normalized spacial score (nSPS) is 49.9. The molecule has 1 unspecified atom stereocenters. The Morgan fingerprint density at radius 1 is 0.316 bits per heavy atom. The minimum absolute atomic E-state index is 0.753. The van der Waals surface area contributed by atoms with Crippen LogP contribution >= 0.6 is 0 Å². The third-order valence-corrected chi connectivity index (χ3v) is 17.4. The van der Waals surface area contributed by atoms with Crippen LogP contribution in [0.2, 0.25) is 0 Å². The van der Waals surface area contributed by atoms with Gasteiger partial charge in [0.05, 0.1) is 52.4 Å². The maximum atomic E-state index is 13.3. The Balaban J connectivity index is 1.16. The Morgan fingerprint density at radius 2 is 0.684 bits per heavy atom. The van der Waals surface area contributed by atoms with Gasteiger partial charge in [0.15, 0.2) is 50.3 Å². The van der Waals surface area contributed by atoms with Gasteiger partial charge >= 0.3 is 0 Å². The molecule has 8 heterocycles. The average Bonchev–Trinajstić information content (AvgIpc) is 0.768. The van der Waals surface area contributed by atoms with Gasteiger partial charge in [-0.2, -0.15) is 0 Å². The van der Waals surface area contributed by atoms with Crippen molar-refractivity contribution in [2.24, 2.45) is 0 Å². The molecule has 0 aromatic carbocycles. The number of aliphatic hydroxyl groups excluding tert-OH is 21. The van der Waals surface area contributed by atoms with Gasteiger partial charge < -0.3 is 194 Å². The lowest BCUT2D eigenvalue weighted by Crippen LogP contribution is -2.72. The number of carbonyl (C=O) groups is 3. The van der Waals surface area contributed by atoms with Gasteiger partial charge in [0.25, 0.3) is 0 Å². The molecule has 95 heavy (non-hydrogen) atoms. The zero-order valence-electron chi connectivity index (χ0n) is 51.2. The summed E-state index contributed by atoms with van der Waals surface area (Å²) in [6, 6.07) is -5.43. The topological polar surface area (TPSA) is 651 Å². The molecule has 42 nitrogen and oxygen atoms in total. The number of hydrogen-bond acceptors (Lipinski definition) is 39. The first kappa shape index (κ1) is 77.7. The molecule has 39 atom stereocenters. The van der Waals surface area contributed by atoms with Gasteiger partial charge in [-0.15, -0.1) is 0 Å². The first-order valence-electron chi connectivity index (χ1n) is 30.4. The molecule has 8 fully saturated rings. The molecule has 0 saturated carbocycles. The number of carbonyl (C=O) groups excluding carboxylic acids is 3. The van der Waals surface area contributed by atoms with Crippen LogP contribution in [0.3, 0.4) is 0 Å².